The quantitative estimate of drug-likeness (QED) is 0.688. The molecule has 9 heteroatoms. The van der Waals surface area contributed by atoms with E-state index in [2.05, 4.69) is 15.2 Å². The SMILES string of the molecule is Nc1ncccc1CN1CCC(c2cc3c(cc2F)C(=O)N(C2CCC(=O)NC2=O)C3)CC1. The molecule has 8 nitrogen and oxygen atoms in total. The van der Waals surface area contributed by atoms with E-state index >= 15 is 4.39 Å². The van der Waals surface area contributed by atoms with E-state index < -0.39 is 11.9 Å². The number of amides is 3. The molecule has 2 fully saturated rings. The van der Waals surface area contributed by atoms with Gasteiger partial charge in [0, 0.05) is 36.8 Å². The highest BCUT2D eigenvalue weighted by Crippen LogP contribution is 2.35. The molecule has 0 spiro atoms. The number of piperidine rings is 2. The first-order valence-electron chi connectivity index (χ1n) is 11.3. The van der Waals surface area contributed by atoms with Crippen molar-refractivity contribution in [3.8, 4) is 0 Å². The Morgan fingerprint density at radius 1 is 1.15 bits per heavy atom. The Labute approximate surface area is 190 Å². The van der Waals surface area contributed by atoms with Crippen LogP contribution >= 0.6 is 0 Å². The van der Waals surface area contributed by atoms with Gasteiger partial charge in [-0.1, -0.05) is 12.1 Å². The third-order valence-corrected chi connectivity index (χ3v) is 6.99. The van der Waals surface area contributed by atoms with Crippen LogP contribution in [0.3, 0.4) is 0 Å². The summed E-state index contributed by atoms with van der Waals surface area (Å²) in [5.41, 5.74) is 8.64. The van der Waals surface area contributed by atoms with Gasteiger partial charge in [0.1, 0.15) is 17.7 Å². The number of aromatic nitrogens is 1. The van der Waals surface area contributed by atoms with Gasteiger partial charge in [-0.3, -0.25) is 24.6 Å². The molecule has 3 amide bonds. The van der Waals surface area contributed by atoms with Crippen molar-refractivity contribution >= 4 is 23.5 Å². The Bertz CT molecular complexity index is 1130. The van der Waals surface area contributed by atoms with Crippen LogP contribution < -0.4 is 11.1 Å². The van der Waals surface area contributed by atoms with E-state index in [4.69, 9.17) is 5.73 Å². The van der Waals surface area contributed by atoms with E-state index in [0.717, 1.165) is 37.1 Å². The van der Waals surface area contributed by atoms with Crippen molar-refractivity contribution in [3.63, 3.8) is 0 Å². The molecule has 1 unspecified atom stereocenters. The number of fused-ring (bicyclic) bond motifs is 1. The second-order valence-electron chi connectivity index (χ2n) is 9.03. The van der Waals surface area contributed by atoms with Gasteiger partial charge < -0.3 is 10.6 Å². The number of nitrogens with zero attached hydrogens (tertiary/aromatic N) is 3. The number of nitrogen functional groups attached to an aromatic ring is 1. The molecule has 1 atom stereocenters. The van der Waals surface area contributed by atoms with Crippen molar-refractivity contribution in [2.45, 2.75) is 50.7 Å². The highest BCUT2D eigenvalue weighted by atomic mass is 19.1. The fourth-order valence-electron chi connectivity index (χ4n) is 5.15. The van der Waals surface area contributed by atoms with Crippen molar-refractivity contribution in [1.29, 1.82) is 0 Å². The lowest BCUT2D eigenvalue weighted by Crippen LogP contribution is -2.52. The number of benzene rings is 1. The number of pyridine rings is 1. The number of halogens is 1. The summed E-state index contributed by atoms with van der Waals surface area (Å²) in [6.07, 6.45) is 3.77. The number of likely N-dealkylation sites (tertiary alicyclic amines) is 1. The maximum Gasteiger partial charge on any atom is 0.255 e. The van der Waals surface area contributed by atoms with E-state index in [0.29, 0.717) is 29.9 Å². The molecule has 0 bridgehead atoms. The largest absolute Gasteiger partial charge is 0.383 e. The first kappa shape index (κ1) is 21.5. The van der Waals surface area contributed by atoms with E-state index in [9.17, 15) is 14.4 Å². The van der Waals surface area contributed by atoms with Crippen LogP contribution in [0.1, 0.15) is 58.6 Å². The van der Waals surface area contributed by atoms with Crippen molar-refractivity contribution < 1.29 is 18.8 Å². The van der Waals surface area contributed by atoms with Crippen molar-refractivity contribution in [3.05, 3.63) is 58.5 Å². The summed E-state index contributed by atoms with van der Waals surface area (Å²) in [6.45, 7) is 2.61. The predicted octanol–water partition coefficient (Wildman–Crippen LogP) is 1.94. The summed E-state index contributed by atoms with van der Waals surface area (Å²) in [6, 6.07) is 6.27. The molecule has 0 radical (unpaired) electrons. The third kappa shape index (κ3) is 4.08. The summed E-state index contributed by atoms with van der Waals surface area (Å²) in [5.74, 6) is -0.913. The number of carbonyl (C=O) groups excluding carboxylic acids is 3. The van der Waals surface area contributed by atoms with E-state index in [1.807, 2.05) is 12.1 Å². The van der Waals surface area contributed by atoms with Crippen LogP contribution in [0.25, 0.3) is 0 Å². The lowest BCUT2D eigenvalue weighted by atomic mass is 9.87. The van der Waals surface area contributed by atoms with Gasteiger partial charge in [0.15, 0.2) is 0 Å². The van der Waals surface area contributed by atoms with Crippen LogP contribution in [-0.2, 0) is 22.7 Å². The Hall–Kier alpha value is -3.33. The highest BCUT2D eigenvalue weighted by Gasteiger charge is 2.40. The summed E-state index contributed by atoms with van der Waals surface area (Å²) in [5, 5.41) is 2.29. The normalized spacial score (nSPS) is 21.9. The third-order valence-electron chi connectivity index (χ3n) is 6.99. The van der Waals surface area contributed by atoms with E-state index in [-0.39, 0.29) is 36.5 Å². The first-order valence-corrected chi connectivity index (χ1v) is 11.3. The number of carbonyl (C=O) groups is 3. The minimum atomic E-state index is -0.697. The molecule has 0 aliphatic carbocycles. The number of anilines is 1. The fraction of sp³-hybridized carbons (Fsp3) is 0.417. The second kappa shape index (κ2) is 8.55. The van der Waals surface area contributed by atoms with Gasteiger partial charge in [-0.2, -0.15) is 0 Å². The number of nitrogens with one attached hydrogen (secondary N) is 1. The zero-order valence-corrected chi connectivity index (χ0v) is 18.2. The molecule has 1 aromatic heterocycles. The number of rotatable bonds is 4. The Morgan fingerprint density at radius 3 is 2.67 bits per heavy atom. The zero-order chi connectivity index (χ0) is 23.1. The van der Waals surface area contributed by atoms with Crippen LogP contribution in [-0.4, -0.2) is 51.6 Å². The predicted molar refractivity (Wildman–Crippen MR) is 118 cm³/mol. The number of hydrogen-bond acceptors (Lipinski definition) is 6. The van der Waals surface area contributed by atoms with Crippen LogP contribution in [0.2, 0.25) is 0 Å². The van der Waals surface area contributed by atoms with Crippen molar-refractivity contribution in [1.82, 2.24) is 20.1 Å². The van der Waals surface area contributed by atoms with Gasteiger partial charge in [-0.15, -0.1) is 0 Å². The molecule has 1 aromatic carbocycles. The van der Waals surface area contributed by atoms with Gasteiger partial charge in [-0.25, -0.2) is 9.37 Å². The average molecular weight is 452 g/mol. The molecule has 5 rings (SSSR count). The Kier molecular flexibility index (Phi) is 5.57. The molecule has 3 aliphatic rings. The lowest BCUT2D eigenvalue weighted by Gasteiger charge is -2.32. The van der Waals surface area contributed by atoms with Gasteiger partial charge in [0.25, 0.3) is 5.91 Å². The van der Waals surface area contributed by atoms with Crippen LogP contribution in [0.15, 0.2) is 30.5 Å². The minimum absolute atomic E-state index is 0.0672. The second-order valence-corrected chi connectivity index (χ2v) is 9.03. The smallest absolute Gasteiger partial charge is 0.255 e. The molecule has 2 aromatic rings. The zero-order valence-electron chi connectivity index (χ0n) is 18.2. The van der Waals surface area contributed by atoms with Crippen LogP contribution in [0.5, 0.6) is 0 Å². The van der Waals surface area contributed by atoms with Gasteiger partial charge in [-0.05, 0) is 61.5 Å². The average Bonchev–Trinajstić information content (AvgIpc) is 3.11. The lowest BCUT2D eigenvalue weighted by molar-refractivity contribution is -0.136. The van der Waals surface area contributed by atoms with Crippen molar-refractivity contribution in [2.24, 2.45) is 0 Å². The molecule has 2 saturated heterocycles. The Balaban J connectivity index is 1.27. The Morgan fingerprint density at radius 2 is 1.94 bits per heavy atom. The van der Waals surface area contributed by atoms with E-state index in [1.54, 1.807) is 12.3 Å². The standard InChI is InChI=1S/C24H26FN5O3/c25-19-11-18-16(13-30(24(18)33)20-3-4-21(31)28-23(20)32)10-17(19)14-5-8-29(9-6-14)12-15-2-1-7-27-22(15)26/h1-2,7,10-11,14,20H,3-6,8-9,12-13H2,(H2,26,27)(H,28,31,32). The summed E-state index contributed by atoms with van der Waals surface area (Å²) >= 11 is 0. The molecule has 33 heavy (non-hydrogen) atoms. The fourth-order valence-corrected chi connectivity index (χ4v) is 5.15. The minimum Gasteiger partial charge on any atom is -0.383 e. The van der Waals surface area contributed by atoms with Gasteiger partial charge in [0.05, 0.1) is 0 Å². The maximum atomic E-state index is 15.1. The monoisotopic (exact) mass is 451 g/mol. The van der Waals surface area contributed by atoms with Crippen molar-refractivity contribution in [2.75, 3.05) is 18.8 Å². The first-order chi connectivity index (χ1) is 15.9. The molecule has 3 aliphatic heterocycles. The summed E-state index contributed by atoms with van der Waals surface area (Å²) in [7, 11) is 0. The molecule has 4 heterocycles. The van der Waals surface area contributed by atoms with Gasteiger partial charge in [0.2, 0.25) is 11.8 Å². The van der Waals surface area contributed by atoms with Crippen LogP contribution in [0.4, 0.5) is 10.2 Å². The molecular weight excluding hydrogens is 425 g/mol. The van der Waals surface area contributed by atoms with Gasteiger partial charge >= 0.3 is 0 Å². The number of imide groups is 1. The molecule has 0 saturated carbocycles. The number of hydrogen-bond donors (Lipinski definition) is 2. The van der Waals surface area contributed by atoms with E-state index in [1.165, 1.54) is 11.0 Å². The summed E-state index contributed by atoms with van der Waals surface area (Å²) in [4.78, 5) is 44.4. The summed E-state index contributed by atoms with van der Waals surface area (Å²) < 4.78 is 15.1. The molecule has 3 N–H and O–H groups in total. The maximum absolute atomic E-state index is 15.1. The topological polar surface area (TPSA) is 109 Å². The molecular formula is C24H26FN5O3. The number of nitrogens with two attached hydrogens (primary N) is 1. The molecule has 172 valence electrons. The highest BCUT2D eigenvalue weighted by molar-refractivity contribution is 6.05. The van der Waals surface area contributed by atoms with Crippen LogP contribution in [0, 0.1) is 5.82 Å².